The van der Waals surface area contributed by atoms with E-state index < -0.39 is 0 Å². The summed E-state index contributed by atoms with van der Waals surface area (Å²) in [5.41, 5.74) is 21.2. The molecule has 1 heterocycles. The maximum Gasteiger partial charge on any atom is 0.211 e. The van der Waals surface area contributed by atoms with Gasteiger partial charge >= 0.3 is 0 Å². The average molecular weight is 549 g/mol. The van der Waals surface area contributed by atoms with Crippen molar-refractivity contribution >= 4 is 11.4 Å². The SMILES string of the molecule is CCCCCC1=C(c2cccc(CCCCC)c2)[N+](=[N-])C(c2cccc(C)c2)=C1CCCC.[Pd]. The van der Waals surface area contributed by atoms with Gasteiger partial charge in [-0.25, -0.2) is 4.70 Å². The van der Waals surface area contributed by atoms with Crippen LogP contribution in [0.4, 0.5) is 0 Å². The Bertz CT molecular complexity index is 1020. The molecule has 0 saturated carbocycles. The number of allylic oxidation sites excluding steroid dienone is 2. The second kappa shape index (κ2) is 14.6. The second-order valence-electron chi connectivity index (χ2n) is 9.55. The van der Waals surface area contributed by atoms with Crippen molar-refractivity contribution in [1.29, 1.82) is 0 Å². The topological polar surface area (TPSA) is 25.3 Å². The quantitative estimate of drug-likeness (QED) is 0.135. The maximum absolute atomic E-state index is 11.7. The third-order valence-electron chi connectivity index (χ3n) is 6.73. The molecule has 2 aromatic rings. The van der Waals surface area contributed by atoms with Crippen molar-refractivity contribution in [3.63, 3.8) is 0 Å². The number of aryl methyl sites for hydroxylation is 2. The van der Waals surface area contributed by atoms with Crippen molar-refractivity contribution in [2.24, 2.45) is 0 Å². The van der Waals surface area contributed by atoms with Gasteiger partial charge in [0, 0.05) is 42.7 Å². The minimum atomic E-state index is 0. The molecule has 0 aromatic heterocycles. The molecule has 0 N–H and O–H groups in total. The molecule has 186 valence electrons. The van der Waals surface area contributed by atoms with Gasteiger partial charge < -0.3 is 5.53 Å². The summed E-state index contributed by atoms with van der Waals surface area (Å²) in [5, 5.41) is 0. The number of benzene rings is 2. The Kier molecular flexibility index (Phi) is 12.2. The summed E-state index contributed by atoms with van der Waals surface area (Å²) >= 11 is 0. The molecule has 0 bridgehead atoms. The molecule has 0 fully saturated rings. The van der Waals surface area contributed by atoms with Crippen LogP contribution in [0.3, 0.4) is 0 Å². The minimum Gasteiger partial charge on any atom is -0.493 e. The molecule has 1 aliphatic rings. The van der Waals surface area contributed by atoms with Gasteiger partial charge in [-0.2, -0.15) is 0 Å². The van der Waals surface area contributed by atoms with Crippen molar-refractivity contribution in [3.8, 4) is 0 Å². The zero-order valence-electron chi connectivity index (χ0n) is 21.6. The molecule has 2 aromatic carbocycles. The maximum atomic E-state index is 11.7. The van der Waals surface area contributed by atoms with Gasteiger partial charge in [-0.05, 0) is 75.3 Å². The van der Waals surface area contributed by atoms with Crippen LogP contribution in [0.2, 0.25) is 0 Å². The van der Waals surface area contributed by atoms with Crippen LogP contribution < -0.4 is 0 Å². The van der Waals surface area contributed by atoms with Crippen LogP contribution in [-0.4, -0.2) is 4.70 Å². The van der Waals surface area contributed by atoms with Gasteiger partial charge in [0.1, 0.15) is 0 Å². The molecule has 0 unspecified atom stereocenters. The van der Waals surface area contributed by atoms with E-state index in [1.807, 2.05) is 0 Å². The molecule has 0 spiro atoms. The molecule has 3 heteroatoms. The Morgan fingerprint density at radius 3 is 1.76 bits per heavy atom. The fourth-order valence-electron chi connectivity index (χ4n) is 4.94. The van der Waals surface area contributed by atoms with Crippen LogP contribution in [0.25, 0.3) is 16.9 Å². The standard InChI is InChI=1S/C31H42N2.Pd/c1-5-8-11-16-25-17-14-19-27(23-25)31-29(21-12-9-6-2)28(20-10-7-3)30(33(31)32)26-18-13-15-24(4)22-26;/h13-15,17-19,22-23H,5-12,16,20-21H2,1-4H3;. The van der Waals surface area contributed by atoms with E-state index in [0.717, 1.165) is 61.0 Å². The first-order chi connectivity index (χ1) is 16.1. The molecule has 1 aliphatic heterocycles. The third-order valence-corrected chi connectivity index (χ3v) is 6.73. The van der Waals surface area contributed by atoms with Gasteiger partial charge in [0.05, 0.1) is 0 Å². The summed E-state index contributed by atoms with van der Waals surface area (Å²) in [5.74, 6) is 0. The van der Waals surface area contributed by atoms with E-state index in [1.165, 1.54) is 59.1 Å². The zero-order valence-corrected chi connectivity index (χ0v) is 23.2. The third kappa shape index (κ3) is 7.10. The Morgan fingerprint density at radius 1 is 0.647 bits per heavy atom. The van der Waals surface area contributed by atoms with E-state index in [9.17, 15) is 5.53 Å². The van der Waals surface area contributed by atoms with E-state index >= 15 is 0 Å². The van der Waals surface area contributed by atoms with Gasteiger partial charge in [-0.15, -0.1) is 0 Å². The smallest absolute Gasteiger partial charge is 0.211 e. The first-order valence-corrected chi connectivity index (χ1v) is 13.2. The Labute approximate surface area is 221 Å². The van der Waals surface area contributed by atoms with Gasteiger partial charge in [0.25, 0.3) is 0 Å². The van der Waals surface area contributed by atoms with Crippen molar-refractivity contribution in [3.05, 3.63) is 87.5 Å². The van der Waals surface area contributed by atoms with Gasteiger partial charge in [-0.3, -0.25) is 0 Å². The second-order valence-corrected chi connectivity index (χ2v) is 9.55. The van der Waals surface area contributed by atoms with Gasteiger partial charge in [0.15, 0.2) is 0 Å². The summed E-state index contributed by atoms with van der Waals surface area (Å²) in [6, 6.07) is 17.5. The van der Waals surface area contributed by atoms with Crippen LogP contribution >= 0.6 is 0 Å². The molecule has 0 atom stereocenters. The zero-order chi connectivity index (χ0) is 23.6. The largest absolute Gasteiger partial charge is 0.493 e. The molecule has 3 rings (SSSR count). The molecule has 0 radical (unpaired) electrons. The predicted molar refractivity (Wildman–Crippen MR) is 142 cm³/mol. The molecule has 0 aliphatic carbocycles. The number of rotatable bonds is 13. The van der Waals surface area contributed by atoms with Crippen molar-refractivity contribution in [1.82, 2.24) is 0 Å². The van der Waals surface area contributed by atoms with Crippen LogP contribution in [0, 0.1) is 6.92 Å². The van der Waals surface area contributed by atoms with E-state index in [4.69, 9.17) is 0 Å². The van der Waals surface area contributed by atoms with Crippen LogP contribution in [0.15, 0.2) is 59.7 Å². The number of nitrogens with zero attached hydrogens (tertiary/aromatic N) is 2. The molecule has 0 saturated heterocycles. The summed E-state index contributed by atoms with van der Waals surface area (Å²) < 4.78 is 1.52. The Morgan fingerprint density at radius 2 is 1.18 bits per heavy atom. The molecular formula is C31H42N2Pd. The van der Waals surface area contributed by atoms with Crippen LogP contribution in [-0.2, 0) is 26.8 Å². The predicted octanol–water partition coefficient (Wildman–Crippen LogP) is 9.67. The van der Waals surface area contributed by atoms with Crippen LogP contribution in [0.1, 0.15) is 107 Å². The first kappa shape index (κ1) is 28.4. The molecular weight excluding hydrogens is 507 g/mol. The van der Waals surface area contributed by atoms with Crippen LogP contribution in [0.5, 0.6) is 0 Å². The summed E-state index contributed by atoms with van der Waals surface area (Å²) in [4.78, 5) is 0. The van der Waals surface area contributed by atoms with E-state index in [1.54, 1.807) is 0 Å². The van der Waals surface area contributed by atoms with Crippen molar-refractivity contribution in [2.75, 3.05) is 0 Å². The fraction of sp³-hybridized carbons (Fsp3) is 0.484. The fourth-order valence-corrected chi connectivity index (χ4v) is 4.94. The Hall–Kier alpha value is -1.82. The summed E-state index contributed by atoms with van der Waals surface area (Å²) in [6.45, 7) is 8.89. The molecule has 2 nitrogen and oxygen atoms in total. The summed E-state index contributed by atoms with van der Waals surface area (Å²) in [7, 11) is 0. The monoisotopic (exact) mass is 548 g/mol. The molecule has 34 heavy (non-hydrogen) atoms. The first-order valence-electron chi connectivity index (χ1n) is 13.2. The van der Waals surface area contributed by atoms with Gasteiger partial charge in [0.2, 0.25) is 11.4 Å². The van der Waals surface area contributed by atoms with E-state index in [0.29, 0.717) is 0 Å². The number of hydrogen-bond donors (Lipinski definition) is 0. The van der Waals surface area contributed by atoms with Crippen molar-refractivity contribution in [2.45, 2.75) is 98.3 Å². The number of hydrogen-bond acceptors (Lipinski definition) is 0. The normalized spacial score (nSPS) is 13.6. The molecule has 0 amide bonds. The summed E-state index contributed by atoms with van der Waals surface area (Å²) in [6.07, 6.45) is 12.7. The Balaban J connectivity index is 0.00000408. The van der Waals surface area contributed by atoms with E-state index in [2.05, 4.69) is 76.2 Å². The van der Waals surface area contributed by atoms with Crippen molar-refractivity contribution < 1.29 is 25.1 Å². The number of unbranched alkanes of at least 4 members (excludes halogenated alkanes) is 5. The van der Waals surface area contributed by atoms with E-state index in [-0.39, 0.29) is 20.4 Å². The van der Waals surface area contributed by atoms with Gasteiger partial charge in [-0.1, -0.05) is 82.7 Å². The minimum absolute atomic E-state index is 0. The average Bonchev–Trinajstić information content (AvgIpc) is 3.09.